The first-order valence-electron chi connectivity index (χ1n) is 7.64. The van der Waals surface area contributed by atoms with Crippen LogP contribution in [0.4, 0.5) is 0 Å². The molecule has 4 heteroatoms. The topological polar surface area (TPSA) is 39.7 Å². The zero-order valence-corrected chi connectivity index (χ0v) is 14.0. The van der Waals surface area contributed by atoms with Crippen LogP contribution in [-0.2, 0) is 0 Å². The van der Waals surface area contributed by atoms with Crippen LogP contribution in [0.25, 0.3) is 0 Å². The van der Waals surface area contributed by atoms with Gasteiger partial charge < -0.3 is 19.5 Å². The van der Waals surface area contributed by atoms with Crippen molar-refractivity contribution in [1.29, 1.82) is 0 Å². The van der Waals surface area contributed by atoms with E-state index in [-0.39, 0.29) is 0 Å². The quantitative estimate of drug-likeness (QED) is 0.671. The van der Waals surface area contributed by atoms with E-state index in [0.29, 0.717) is 18.3 Å². The Morgan fingerprint density at radius 3 is 2.19 bits per heavy atom. The van der Waals surface area contributed by atoms with Crippen LogP contribution in [-0.4, -0.2) is 33.9 Å². The van der Waals surface area contributed by atoms with Crippen LogP contribution < -0.4 is 19.5 Å². The van der Waals surface area contributed by atoms with Crippen molar-refractivity contribution in [2.45, 2.75) is 33.6 Å². The Balaban J connectivity index is 2.41. The van der Waals surface area contributed by atoms with Gasteiger partial charge in [-0.25, -0.2) is 0 Å². The van der Waals surface area contributed by atoms with Crippen LogP contribution in [0.5, 0.6) is 17.2 Å². The maximum absolute atomic E-state index is 5.85. The molecule has 0 saturated heterocycles. The summed E-state index contributed by atoms with van der Waals surface area (Å²) in [5.41, 5.74) is 1.09. The molecule has 0 unspecified atom stereocenters. The largest absolute Gasteiger partial charge is 0.493 e. The smallest absolute Gasteiger partial charge is 0.203 e. The highest BCUT2D eigenvalue weighted by Crippen LogP contribution is 2.38. The molecule has 0 aliphatic carbocycles. The van der Waals surface area contributed by atoms with Gasteiger partial charge in [-0.05, 0) is 56.5 Å². The van der Waals surface area contributed by atoms with Gasteiger partial charge in [0, 0.05) is 0 Å². The Bertz CT molecular complexity index is 393. The first-order chi connectivity index (χ1) is 10.1. The Labute approximate surface area is 128 Å². The molecule has 21 heavy (non-hydrogen) atoms. The highest BCUT2D eigenvalue weighted by molar-refractivity contribution is 5.53. The van der Waals surface area contributed by atoms with E-state index in [1.807, 2.05) is 19.1 Å². The summed E-state index contributed by atoms with van der Waals surface area (Å²) in [5.74, 6) is 2.85. The van der Waals surface area contributed by atoms with Crippen molar-refractivity contribution in [3.8, 4) is 17.2 Å². The summed E-state index contributed by atoms with van der Waals surface area (Å²) < 4.78 is 16.6. The molecule has 0 saturated carbocycles. The van der Waals surface area contributed by atoms with Gasteiger partial charge >= 0.3 is 0 Å². The minimum absolute atomic E-state index is 0.666. The van der Waals surface area contributed by atoms with E-state index in [0.717, 1.165) is 43.0 Å². The summed E-state index contributed by atoms with van der Waals surface area (Å²) in [7, 11) is 3.30. The number of hydrogen-bond donors (Lipinski definition) is 1. The third kappa shape index (κ3) is 6.25. The Hall–Kier alpha value is -1.42. The van der Waals surface area contributed by atoms with Crippen LogP contribution in [0, 0.1) is 12.8 Å². The number of rotatable bonds is 10. The van der Waals surface area contributed by atoms with Crippen LogP contribution in [0.1, 0.15) is 32.3 Å². The number of ether oxygens (including phenoxy) is 3. The van der Waals surface area contributed by atoms with Gasteiger partial charge in [-0.2, -0.15) is 0 Å². The van der Waals surface area contributed by atoms with Crippen LogP contribution >= 0.6 is 0 Å². The fraction of sp³-hybridized carbons (Fsp3) is 0.647. The Kier molecular flexibility index (Phi) is 7.98. The third-order valence-corrected chi connectivity index (χ3v) is 3.15. The van der Waals surface area contributed by atoms with Crippen molar-refractivity contribution in [3.63, 3.8) is 0 Å². The molecule has 0 fully saturated rings. The predicted molar refractivity (Wildman–Crippen MR) is 86.7 cm³/mol. The molecule has 0 heterocycles. The second-order valence-electron chi connectivity index (χ2n) is 5.65. The van der Waals surface area contributed by atoms with E-state index in [1.54, 1.807) is 14.2 Å². The van der Waals surface area contributed by atoms with Gasteiger partial charge in [0.25, 0.3) is 0 Å². The molecule has 1 aromatic rings. The van der Waals surface area contributed by atoms with Crippen LogP contribution in [0.15, 0.2) is 12.1 Å². The molecule has 0 spiro atoms. The number of hydrogen-bond acceptors (Lipinski definition) is 4. The minimum atomic E-state index is 0.666. The van der Waals surface area contributed by atoms with Crippen LogP contribution in [0.2, 0.25) is 0 Å². The number of unbranched alkanes of at least 4 members (excludes halogenated alkanes) is 1. The molecule has 0 aliphatic heterocycles. The summed E-state index contributed by atoms with van der Waals surface area (Å²) in [6, 6.07) is 3.92. The lowest BCUT2D eigenvalue weighted by Gasteiger charge is -2.15. The molecule has 0 radical (unpaired) electrons. The lowest BCUT2D eigenvalue weighted by atomic mass is 10.2. The molecule has 0 aliphatic rings. The first kappa shape index (κ1) is 17.6. The summed E-state index contributed by atoms with van der Waals surface area (Å²) in [6.07, 6.45) is 2.11. The van der Waals surface area contributed by atoms with Crippen molar-refractivity contribution < 1.29 is 14.2 Å². The summed E-state index contributed by atoms with van der Waals surface area (Å²) >= 11 is 0. The highest BCUT2D eigenvalue weighted by Gasteiger charge is 2.12. The van der Waals surface area contributed by atoms with Crippen LogP contribution in [0.3, 0.4) is 0 Å². The van der Waals surface area contributed by atoms with Gasteiger partial charge in [-0.15, -0.1) is 0 Å². The van der Waals surface area contributed by atoms with E-state index in [2.05, 4.69) is 19.2 Å². The lowest BCUT2D eigenvalue weighted by molar-refractivity contribution is 0.267. The molecule has 1 N–H and O–H groups in total. The average molecular weight is 295 g/mol. The summed E-state index contributed by atoms with van der Waals surface area (Å²) in [5, 5.41) is 3.43. The van der Waals surface area contributed by atoms with Crippen molar-refractivity contribution in [2.75, 3.05) is 33.9 Å². The molecular weight excluding hydrogens is 266 g/mol. The van der Waals surface area contributed by atoms with Gasteiger partial charge in [-0.1, -0.05) is 13.8 Å². The van der Waals surface area contributed by atoms with E-state index < -0.39 is 0 Å². The molecule has 1 aromatic carbocycles. The second kappa shape index (κ2) is 9.50. The number of benzene rings is 1. The standard InChI is InChI=1S/C17H29NO3/c1-13(2)12-18-8-6-7-9-21-17-15(19-4)10-14(3)11-16(17)20-5/h10-11,13,18H,6-9,12H2,1-5H3. The zero-order chi connectivity index (χ0) is 15.7. The van der Waals surface area contributed by atoms with E-state index in [9.17, 15) is 0 Å². The van der Waals surface area contributed by atoms with E-state index in [1.165, 1.54) is 0 Å². The van der Waals surface area contributed by atoms with E-state index in [4.69, 9.17) is 14.2 Å². The highest BCUT2D eigenvalue weighted by atomic mass is 16.5. The maximum atomic E-state index is 5.85. The minimum Gasteiger partial charge on any atom is -0.493 e. The molecule has 1 rings (SSSR count). The van der Waals surface area contributed by atoms with Gasteiger partial charge in [0.1, 0.15) is 0 Å². The monoisotopic (exact) mass is 295 g/mol. The number of nitrogens with one attached hydrogen (secondary N) is 1. The maximum Gasteiger partial charge on any atom is 0.203 e. The normalized spacial score (nSPS) is 10.8. The summed E-state index contributed by atoms with van der Waals surface area (Å²) in [4.78, 5) is 0. The fourth-order valence-corrected chi connectivity index (χ4v) is 2.07. The molecular formula is C17H29NO3. The Morgan fingerprint density at radius 1 is 1.05 bits per heavy atom. The van der Waals surface area contributed by atoms with Crippen molar-refractivity contribution in [1.82, 2.24) is 5.32 Å². The fourth-order valence-electron chi connectivity index (χ4n) is 2.07. The van der Waals surface area contributed by atoms with Crippen molar-refractivity contribution >= 4 is 0 Å². The summed E-state index contributed by atoms with van der Waals surface area (Å²) in [6.45, 7) is 9.20. The number of methoxy groups -OCH3 is 2. The van der Waals surface area contributed by atoms with Crippen molar-refractivity contribution in [2.24, 2.45) is 5.92 Å². The Morgan fingerprint density at radius 2 is 1.67 bits per heavy atom. The van der Waals surface area contributed by atoms with Gasteiger partial charge in [-0.3, -0.25) is 0 Å². The van der Waals surface area contributed by atoms with Gasteiger partial charge in [0.05, 0.1) is 20.8 Å². The molecule has 0 aromatic heterocycles. The van der Waals surface area contributed by atoms with Crippen molar-refractivity contribution in [3.05, 3.63) is 17.7 Å². The zero-order valence-electron chi connectivity index (χ0n) is 14.0. The first-order valence-corrected chi connectivity index (χ1v) is 7.64. The second-order valence-corrected chi connectivity index (χ2v) is 5.65. The molecule has 0 atom stereocenters. The third-order valence-electron chi connectivity index (χ3n) is 3.15. The SMILES string of the molecule is COc1cc(C)cc(OC)c1OCCCCNCC(C)C. The molecule has 0 amide bonds. The van der Waals surface area contributed by atoms with Gasteiger partial charge in [0.15, 0.2) is 11.5 Å². The van der Waals surface area contributed by atoms with E-state index >= 15 is 0 Å². The lowest BCUT2D eigenvalue weighted by Crippen LogP contribution is -2.21. The molecule has 4 nitrogen and oxygen atoms in total. The average Bonchev–Trinajstić information content (AvgIpc) is 2.46. The molecule has 120 valence electrons. The number of aryl methyl sites for hydroxylation is 1. The predicted octanol–water partition coefficient (Wildman–Crippen LogP) is 3.42. The molecule has 0 bridgehead atoms. The van der Waals surface area contributed by atoms with Gasteiger partial charge in [0.2, 0.25) is 5.75 Å².